The fourth-order valence-electron chi connectivity index (χ4n) is 6.95. The number of carbonyl (C=O) groups is 2. The number of anilines is 2. The van der Waals surface area contributed by atoms with E-state index in [2.05, 4.69) is 80.5 Å². The van der Waals surface area contributed by atoms with Crippen molar-refractivity contribution in [1.82, 2.24) is 9.80 Å². The van der Waals surface area contributed by atoms with Gasteiger partial charge in [-0.2, -0.15) is 4.57 Å². The molecule has 0 atom stereocenters. The number of likely N-dealkylation sites (tertiary alicyclic amines) is 2. The summed E-state index contributed by atoms with van der Waals surface area (Å²) >= 11 is 0. The van der Waals surface area contributed by atoms with Gasteiger partial charge in [0.1, 0.15) is 6.54 Å². The van der Waals surface area contributed by atoms with Gasteiger partial charge in [0.05, 0.1) is 10.8 Å². The lowest BCUT2D eigenvalue weighted by Gasteiger charge is -2.26. The molecule has 0 spiro atoms. The van der Waals surface area contributed by atoms with Gasteiger partial charge in [0.2, 0.25) is 23.0 Å². The summed E-state index contributed by atoms with van der Waals surface area (Å²) < 4.78 is 2.33. The molecule has 3 aromatic carbocycles. The van der Waals surface area contributed by atoms with Gasteiger partial charge in [0.15, 0.2) is 0 Å². The van der Waals surface area contributed by atoms with Crippen molar-refractivity contribution in [3.63, 3.8) is 0 Å². The third-order valence-corrected chi connectivity index (χ3v) is 9.26. The van der Waals surface area contributed by atoms with Crippen molar-refractivity contribution in [2.45, 2.75) is 64.8 Å². The molecule has 0 bridgehead atoms. The van der Waals surface area contributed by atoms with Gasteiger partial charge in [0.25, 0.3) is 0 Å². The van der Waals surface area contributed by atoms with Crippen molar-refractivity contribution in [2.75, 3.05) is 49.9 Å². The molecule has 3 heterocycles. The van der Waals surface area contributed by atoms with E-state index in [1.54, 1.807) is 0 Å². The maximum atomic E-state index is 13.0. The third kappa shape index (κ3) is 7.11. The zero-order chi connectivity index (χ0) is 30.3. The molecule has 2 aliphatic heterocycles. The molecule has 0 radical (unpaired) electrons. The molecule has 44 heavy (non-hydrogen) atoms. The lowest BCUT2D eigenvalue weighted by molar-refractivity contribution is -0.655. The average Bonchev–Trinajstić information content (AvgIpc) is 3.07. The Hall–Kier alpha value is -3.81. The summed E-state index contributed by atoms with van der Waals surface area (Å²) in [5, 5.41) is 9.69. The monoisotopic (exact) mass is 592 g/mol. The second kappa shape index (κ2) is 14.3. The Morgan fingerprint density at radius 2 is 1.20 bits per heavy atom. The zero-order valence-corrected chi connectivity index (χ0v) is 26.1. The Bertz CT molecular complexity index is 1610. The molecule has 0 saturated carbocycles. The molecule has 2 N–H and O–H groups in total. The number of aryl methyl sites for hydroxylation is 1. The van der Waals surface area contributed by atoms with Crippen LogP contribution in [0.15, 0.2) is 66.7 Å². The van der Waals surface area contributed by atoms with E-state index in [0.717, 1.165) is 90.1 Å². The summed E-state index contributed by atoms with van der Waals surface area (Å²) in [4.78, 5) is 30.7. The first-order valence-corrected chi connectivity index (χ1v) is 16.6. The summed E-state index contributed by atoms with van der Waals surface area (Å²) in [6, 6.07) is 23.0. The van der Waals surface area contributed by atoms with Crippen molar-refractivity contribution in [3.05, 3.63) is 66.7 Å². The second-order valence-electron chi connectivity index (χ2n) is 12.4. The minimum Gasteiger partial charge on any atom is -0.326 e. The van der Waals surface area contributed by atoms with Crippen molar-refractivity contribution in [1.29, 1.82) is 0 Å². The molecule has 1 aromatic heterocycles. The second-order valence-corrected chi connectivity index (χ2v) is 12.4. The van der Waals surface area contributed by atoms with Crippen LogP contribution in [-0.2, 0) is 16.1 Å². The van der Waals surface area contributed by atoms with Crippen LogP contribution in [0, 0.1) is 0 Å². The van der Waals surface area contributed by atoms with Gasteiger partial charge in [-0.3, -0.25) is 9.59 Å². The van der Waals surface area contributed by atoms with E-state index >= 15 is 0 Å². The molecule has 2 amide bonds. The third-order valence-electron chi connectivity index (χ3n) is 9.26. The van der Waals surface area contributed by atoms with Crippen LogP contribution < -0.4 is 15.2 Å². The Morgan fingerprint density at radius 3 is 1.77 bits per heavy atom. The number of carbonyl (C=O) groups excluding carboxylic acids is 2. The summed E-state index contributed by atoms with van der Waals surface area (Å²) in [5.41, 5.74) is 4.93. The minimum absolute atomic E-state index is 0.0565. The molecular weight excluding hydrogens is 546 g/mol. The molecule has 2 fully saturated rings. The van der Waals surface area contributed by atoms with Gasteiger partial charge in [-0.25, -0.2) is 0 Å². The Balaban J connectivity index is 1.30. The van der Waals surface area contributed by atoms with E-state index in [1.165, 1.54) is 38.5 Å². The van der Waals surface area contributed by atoms with E-state index in [4.69, 9.17) is 0 Å². The highest BCUT2D eigenvalue weighted by Gasteiger charge is 2.24. The minimum atomic E-state index is 0.0565. The Morgan fingerprint density at radius 1 is 0.659 bits per heavy atom. The number of aromatic nitrogens is 1. The predicted molar refractivity (Wildman–Crippen MR) is 180 cm³/mol. The zero-order valence-electron chi connectivity index (χ0n) is 26.1. The van der Waals surface area contributed by atoms with Crippen LogP contribution in [-0.4, -0.2) is 60.9 Å². The number of piperidine rings is 2. The van der Waals surface area contributed by atoms with Crippen LogP contribution in [0.5, 0.6) is 0 Å². The standard InChI is InChI=1S/C37H45N5O2/c1-2-42-34-27-30(39-36(44)19-25-41-22-10-5-11-23-41)15-17-32(34)31-16-14-29(26-33(31)37(42)28-12-6-3-7-13-28)38-35(43)18-24-40-20-8-4-9-21-40/h3,6-7,12-17,26-27H,2,4-5,8-11,18-25H2,1H3,(H,38,43)/p+1. The Labute approximate surface area is 261 Å². The quantitative estimate of drug-likeness (QED) is 0.161. The van der Waals surface area contributed by atoms with Crippen LogP contribution >= 0.6 is 0 Å². The topological polar surface area (TPSA) is 68.6 Å². The maximum Gasteiger partial charge on any atom is 0.225 e. The molecule has 0 aliphatic carbocycles. The molecule has 7 heteroatoms. The number of fused-ring (bicyclic) bond motifs is 3. The highest BCUT2D eigenvalue weighted by Crippen LogP contribution is 2.34. The lowest BCUT2D eigenvalue weighted by Crippen LogP contribution is -2.36. The van der Waals surface area contributed by atoms with Crippen molar-refractivity contribution >= 4 is 44.9 Å². The van der Waals surface area contributed by atoms with Gasteiger partial charge in [0, 0.05) is 54.3 Å². The number of hydrogen-bond donors (Lipinski definition) is 2. The first kappa shape index (κ1) is 30.2. The van der Waals surface area contributed by atoms with E-state index in [0.29, 0.717) is 12.8 Å². The van der Waals surface area contributed by atoms with Crippen molar-refractivity contribution < 1.29 is 14.2 Å². The fraction of sp³-hybridized carbons (Fsp3) is 0.432. The SMILES string of the molecule is CC[n+]1c(-c2ccccc2)c2cc(NC(=O)CCN3CCCCC3)ccc2c2ccc(NC(=O)CCN3CCCCC3)cc21. The van der Waals surface area contributed by atoms with Gasteiger partial charge in [-0.05, 0) is 95.2 Å². The number of benzene rings is 3. The van der Waals surface area contributed by atoms with Crippen LogP contribution in [0.2, 0.25) is 0 Å². The van der Waals surface area contributed by atoms with E-state index in [1.807, 2.05) is 18.2 Å². The molecule has 2 aliphatic rings. The lowest BCUT2D eigenvalue weighted by atomic mass is 9.98. The van der Waals surface area contributed by atoms with Crippen LogP contribution in [0.1, 0.15) is 58.3 Å². The first-order chi connectivity index (χ1) is 21.6. The van der Waals surface area contributed by atoms with Gasteiger partial charge < -0.3 is 20.4 Å². The van der Waals surface area contributed by atoms with E-state index in [9.17, 15) is 9.59 Å². The molecule has 4 aromatic rings. The van der Waals surface area contributed by atoms with Gasteiger partial charge in [-0.1, -0.05) is 37.1 Å². The van der Waals surface area contributed by atoms with E-state index in [-0.39, 0.29) is 11.8 Å². The van der Waals surface area contributed by atoms with Gasteiger partial charge in [-0.15, -0.1) is 0 Å². The highest BCUT2D eigenvalue weighted by molar-refractivity contribution is 6.11. The molecule has 2 saturated heterocycles. The predicted octanol–water partition coefficient (Wildman–Crippen LogP) is 6.60. The van der Waals surface area contributed by atoms with Crippen LogP contribution in [0.25, 0.3) is 32.9 Å². The number of nitrogens with zero attached hydrogens (tertiary/aromatic N) is 3. The summed E-state index contributed by atoms with van der Waals surface area (Å²) in [7, 11) is 0. The smallest absolute Gasteiger partial charge is 0.225 e. The first-order valence-electron chi connectivity index (χ1n) is 16.6. The number of pyridine rings is 1. The number of hydrogen-bond acceptors (Lipinski definition) is 4. The van der Waals surface area contributed by atoms with Crippen molar-refractivity contribution in [2.24, 2.45) is 0 Å². The summed E-state index contributed by atoms with van der Waals surface area (Å²) in [6.45, 7) is 8.93. The molecule has 230 valence electrons. The Kier molecular flexibility index (Phi) is 9.83. The normalized spacial score (nSPS) is 16.3. The van der Waals surface area contributed by atoms with Crippen molar-refractivity contribution in [3.8, 4) is 11.3 Å². The van der Waals surface area contributed by atoms with E-state index < -0.39 is 0 Å². The summed E-state index contributed by atoms with van der Waals surface area (Å²) in [5.74, 6) is 0.115. The number of rotatable bonds is 10. The van der Waals surface area contributed by atoms with Crippen LogP contribution in [0.3, 0.4) is 0 Å². The van der Waals surface area contributed by atoms with Crippen LogP contribution in [0.4, 0.5) is 11.4 Å². The fourth-order valence-corrected chi connectivity index (χ4v) is 6.95. The molecular formula is C37H46N5O2+. The average molecular weight is 593 g/mol. The largest absolute Gasteiger partial charge is 0.326 e. The molecule has 6 rings (SSSR count). The number of nitrogens with one attached hydrogen (secondary N) is 2. The highest BCUT2D eigenvalue weighted by atomic mass is 16.2. The summed E-state index contributed by atoms with van der Waals surface area (Å²) in [6.07, 6.45) is 8.52. The molecule has 0 unspecified atom stereocenters. The molecule has 7 nitrogen and oxygen atoms in total. The van der Waals surface area contributed by atoms with Gasteiger partial charge >= 0.3 is 0 Å². The number of amides is 2. The maximum absolute atomic E-state index is 13.0.